The van der Waals surface area contributed by atoms with Crippen LogP contribution in [-0.4, -0.2) is 36.6 Å². The molecule has 0 aromatic heterocycles. The van der Waals surface area contributed by atoms with E-state index in [2.05, 4.69) is 30.6 Å². The Kier molecular flexibility index (Phi) is 5.65. The van der Waals surface area contributed by atoms with E-state index in [0.717, 1.165) is 24.7 Å². The third-order valence-corrected chi connectivity index (χ3v) is 3.00. The van der Waals surface area contributed by atoms with Crippen molar-refractivity contribution in [3.05, 3.63) is 11.6 Å². The molecule has 1 aliphatic heterocycles. The lowest BCUT2D eigenvalue weighted by molar-refractivity contribution is 0.158. The molecule has 3 heteroatoms. The quantitative estimate of drug-likeness (QED) is 0.781. The zero-order chi connectivity index (χ0) is 11.3. The lowest BCUT2D eigenvalue weighted by atomic mass is 10.0. The molecule has 1 saturated heterocycles. The largest absolute Gasteiger partial charge is 0.313 e. The van der Waals surface area contributed by atoms with Crippen molar-refractivity contribution >= 4 is 11.6 Å². The molecule has 1 atom stereocenters. The number of rotatable bonds is 5. The summed E-state index contributed by atoms with van der Waals surface area (Å²) in [7, 11) is 0. The Labute approximate surface area is 98.7 Å². The van der Waals surface area contributed by atoms with E-state index in [0.29, 0.717) is 12.1 Å². The van der Waals surface area contributed by atoms with E-state index in [9.17, 15) is 0 Å². The van der Waals surface area contributed by atoms with Crippen LogP contribution in [0.4, 0.5) is 0 Å². The van der Waals surface area contributed by atoms with Gasteiger partial charge < -0.3 is 5.32 Å². The molecule has 1 N–H and O–H groups in total. The van der Waals surface area contributed by atoms with Crippen LogP contribution in [0, 0.1) is 0 Å². The first kappa shape index (κ1) is 13.0. The molecule has 1 heterocycles. The van der Waals surface area contributed by atoms with Crippen molar-refractivity contribution in [3.8, 4) is 0 Å². The topological polar surface area (TPSA) is 15.3 Å². The Balaban J connectivity index is 2.39. The number of hydrogen-bond donors (Lipinski definition) is 1. The summed E-state index contributed by atoms with van der Waals surface area (Å²) in [6.45, 7) is 11.2. The molecule has 0 aromatic rings. The van der Waals surface area contributed by atoms with Gasteiger partial charge in [-0.1, -0.05) is 38.4 Å². The molecule has 0 radical (unpaired) electrons. The molecule has 0 spiro atoms. The second-order valence-electron chi connectivity index (χ2n) is 4.70. The maximum Gasteiger partial charge on any atom is 0.0339 e. The van der Waals surface area contributed by atoms with Gasteiger partial charge in [-0.25, -0.2) is 0 Å². The van der Waals surface area contributed by atoms with Gasteiger partial charge in [0.2, 0.25) is 0 Å². The van der Waals surface area contributed by atoms with Crippen LogP contribution < -0.4 is 5.32 Å². The van der Waals surface area contributed by atoms with Gasteiger partial charge in [-0.2, -0.15) is 0 Å². The standard InChI is InChI=1S/C12H23ClN2/c1-10(2)14-8-12-6-4-5-7-15(12)9-11(3)13/h10,12,14H,3-9H2,1-2H3. The Bertz CT molecular complexity index is 204. The van der Waals surface area contributed by atoms with Gasteiger partial charge >= 0.3 is 0 Å². The van der Waals surface area contributed by atoms with Gasteiger partial charge in [0.05, 0.1) is 0 Å². The Morgan fingerprint density at radius 1 is 1.53 bits per heavy atom. The summed E-state index contributed by atoms with van der Waals surface area (Å²) in [4.78, 5) is 2.45. The highest BCUT2D eigenvalue weighted by Gasteiger charge is 2.22. The highest BCUT2D eigenvalue weighted by molar-refractivity contribution is 6.29. The van der Waals surface area contributed by atoms with Crippen LogP contribution in [0.15, 0.2) is 11.6 Å². The number of hydrogen-bond acceptors (Lipinski definition) is 2. The van der Waals surface area contributed by atoms with E-state index < -0.39 is 0 Å². The van der Waals surface area contributed by atoms with E-state index >= 15 is 0 Å². The molecule has 1 unspecified atom stereocenters. The predicted molar refractivity (Wildman–Crippen MR) is 67.3 cm³/mol. The van der Waals surface area contributed by atoms with Crippen molar-refractivity contribution in [2.24, 2.45) is 0 Å². The number of nitrogens with one attached hydrogen (secondary N) is 1. The fourth-order valence-electron chi connectivity index (χ4n) is 2.09. The van der Waals surface area contributed by atoms with E-state index in [4.69, 9.17) is 11.6 Å². The summed E-state index contributed by atoms with van der Waals surface area (Å²) in [5.41, 5.74) is 0. The molecule has 2 nitrogen and oxygen atoms in total. The Morgan fingerprint density at radius 2 is 2.27 bits per heavy atom. The molecule has 1 aliphatic rings. The van der Waals surface area contributed by atoms with Gasteiger partial charge in [-0.15, -0.1) is 0 Å². The van der Waals surface area contributed by atoms with Gasteiger partial charge in [-0.05, 0) is 19.4 Å². The molecule has 0 aliphatic carbocycles. The van der Waals surface area contributed by atoms with E-state index in [-0.39, 0.29) is 0 Å². The zero-order valence-electron chi connectivity index (χ0n) is 9.93. The van der Waals surface area contributed by atoms with Crippen LogP contribution in [-0.2, 0) is 0 Å². The molecule has 0 saturated carbocycles. The first-order valence-electron chi connectivity index (χ1n) is 5.90. The summed E-state index contributed by atoms with van der Waals surface area (Å²) in [5.74, 6) is 0. The summed E-state index contributed by atoms with van der Waals surface area (Å²) in [5, 5.41) is 4.26. The number of piperidine rings is 1. The van der Waals surface area contributed by atoms with E-state index in [1.165, 1.54) is 19.3 Å². The fourth-order valence-corrected chi connectivity index (χ4v) is 2.24. The van der Waals surface area contributed by atoms with E-state index in [1.54, 1.807) is 0 Å². The van der Waals surface area contributed by atoms with Gasteiger partial charge in [0.25, 0.3) is 0 Å². The van der Waals surface area contributed by atoms with Gasteiger partial charge in [-0.3, -0.25) is 4.90 Å². The van der Waals surface area contributed by atoms with Crippen LogP contribution in [0.3, 0.4) is 0 Å². The number of halogens is 1. The highest BCUT2D eigenvalue weighted by atomic mass is 35.5. The number of likely N-dealkylation sites (tertiary alicyclic amines) is 1. The van der Waals surface area contributed by atoms with Gasteiger partial charge in [0.15, 0.2) is 0 Å². The SMILES string of the molecule is C=C(Cl)CN1CCCCC1CNC(C)C. The van der Waals surface area contributed by atoms with Crippen molar-refractivity contribution < 1.29 is 0 Å². The molecule has 1 rings (SSSR count). The molecule has 0 aromatic carbocycles. The molecular weight excluding hydrogens is 208 g/mol. The molecule has 15 heavy (non-hydrogen) atoms. The maximum absolute atomic E-state index is 5.88. The highest BCUT2D eigenvalue weighted by Crippen LogP contribution is 2.18. The summed E-state index contributed by atoms with van der Waals surface area (Å²) >= 11 is 5.88. The minimum atomic E-state index is 0.563. The first-order valence-corrected chi connectivity index (χ1v) is 6.28. The summed E-state index contributed by atoms with van der Waals surface area (Å²) in [6.07, 6.45) is 3.92. The van der Waals surface area contributed by atoms with E-state index in [1.807, 2.05) is 0 Å². The minimum Gasteiger partial charge on any atom is -0.313 e. The lowest BCUT2D eigenvalue weighted by Gasteiger charge is -2.36. The third-order valence-electron chi connectivity index (χ3n) is 2.89. The van der Waals surface area contributed by atoms with Crippen molar-refractivity contribution in [1.82, 2.24) is 10.2 Å². The van der Waals surface area contributed by atoms with Crippen molar-refractivity contribution in [2.45, 2.75) is 45.2 Å². The molecule has 88 valence electrons. The normalized spacial score (nSPS) is 23.3. The third kappa shape index (κ3) is 5.01. The number of nitrogens with zero attached hydrogens (tertiary/aromatic N) is 1. The maximum atomic E-state index is 5.88. The smallest absolute Gasteiger partial charge is 0.0339 e. The summed E-state index contributed by atoms with van der Waals surface area (Å²) in [6, 6.07) is 1.20. The fraction of sp³-hybridized carbons (Fsp3) is 0.833. The van der Waals surface area contributed by atoms with Gasteiger partial charge in [0, 0.05) is 30.2 Å². The summed E-state index contributed by atoms with van der Waals surface area (Å²) < 4.78 is 0. The molecule has 0 amide bonds. The zero-order valence-corrected chi connectivity index (χ0v) is 10.7. The van der Waals surface area contributed by atoms with Crippen LogP contribution >= 0.6 is 11.6 Å². The predicted octanol–water partition coefficient (Wildman–Crippen LogP) is 2.59. The Hall–Kier alpha value is -0.0500. The first-order chi connectivity index (χ1) is 7.09. The van der Waals surface area contributed by atoms with Crippen LogP contribution in [0.25, 0.3) is 0 Å². The second-order valence-corrected chi connectivity index (χ2v) is 5.23. The molecule has 1 fully saturated rings. The van der Waals surface area contributed by atoms with Crippen LogP contribution in [0.1, 0.15) is 33.1 Å². The minimum absolute atomic E-state index is 0.563. The van der Waals surface area contributed by atoms with Crippen molar-refractivity contribution in [3.63, 3.8) is 0 Å². The van der Waals surface area contributed by atoms with Crippen LogP contribution in [0.5, 0.6) is 0 Å². The van der Waals surface area contributed by atoms with Crippen molar-refractivity contribution in [2.75, 3.05) is 19.6 Å². The average molecular weight is 231 g/mol. The monoisotopic (exact) mass is 230 g/mol. The Morgan fingerprint density at radius 3 is 2.87 bits per heavy atom. The average Bonchev–Trinajstić information content (AvgIpc) is 2.15. The lowest BCUT2D eigenvalue weighted by Crippen LogP contribution is -2.47. The van der Waals surface area contributed by atoms with Gasteiger partial charge in [0.1, 0.15) is 0 Å². The molecule has 0 bridgehead atoms. The van der Waals surface area contributed by atoms with Crippen LogP contribution in [0.2, 0.25) is 0 Å². The molecular formula is C12H23ClN2. The second kappa shape index (κ2) is 6.51. The van der Waals surface area contributed by atoms with Crippen molar-refractivity contribution in [1.29, 1.82) is 0 Å².